The second-order valence-corrected chi connectivity index (χ2v) is 5.73. The molecule has 0 radical (unpaired) electrons. The summed E-state index contributed by atoms with van der Waals surface area (Å²) < 4.78 is 0. The lowest BCUT2D eigenvalue weighted by atomic mass is 9.79. The Morgan fingerprint density at radius 1 is 1.00 bits per heavy atom. The summed E-state index contributed by atoms with van der Waals surface area (Å²) in [7, 11) is 0. The Hall–Kier alpha value is -1.39. The molecule has 1 aliphatic carbocycles. The molecule has 2 amide bonds. The van der Waals surface area contributed by atoms with E-state index in [0.717, 1.165) is 25.7 Å². The predicted octanol–water partition coefficient (Wildman–Crippen LogP) is 1.95. The topological polar surface area (TPSA) is 74.7 Å². The molecule has 0 aromatic heterocycles. The molecule has 2 rings (SSSR count). The molecule has 0 bridgehead atoms. The molecule has 5 heteroatoms. The van der Waals surface area contributed by atoms with Gasteiger partial charge in [-0.25, -0.2) is 0 Å². The van der Waals surface area contributed by atoms with Crippen molar-refractivity contribution in [2.75, 3.05) is 6.54 Å². The van der Waals surface area contributed by atoms with Gasteiger partial charge < -0.3 is 5.11 Å². The molecule has 0 aromatic rings. The molecule has 1 saturated heterocycles. The molecular weight excluding hydrogens is 246 g/mol. The van der Waals surface area contributed by atoms with Crippen molar-refractivity contribution in [1.82, 2.24) is 4.90 Å². The highest BCUT2D eigenvalue weighted by Gasteiger charge is 2.43. The van der Waals surface area contributed by atoms with Gasteiger partial charge in [0.05, 0.1) is 5.41 Å². The molecule has 5 nitrogen and oxygen atoms in total. The number of hydrogen-bond acceptors (Lipinski definition) is 3. The molecular formula is C14H21NO4. The van der Waals surface area contributed by atoms with E-state index in [0.29, 0.717) is 32.1 Å². The number of carbonyl (C=O) groups excluding carboxylic acids is 2. The van der Waals surface area contributed by atoms with E-state index in [9.17, 15) is 19.5 Å². The van der Waals surface area contributed by atoms with Crippen LogP contribution < -0.4 is 0 Å². The minimum absolute atomic E-state index is 0.0694. The molecule has 1 aliphatic heterocycles. The largest absolute Gasteiger partial charge is 0.481 e. The van der Waals surface area contributed by atoms with E-state index in [-0.39, 0.29) is 18.4 Å². The summed E-state index contributed by atoms with van der Waals surface area (Å²) in [6.07, 6.45) is 6.26. The Morgan fingerprint density at radius 2 is 1.53 bits per heavy atom. The van der Waals surface area contributed by atoms with Crippen LogP contribution in [0.5, 0.6) is 0 Å². The summed E-state index contributed by atoms with van der Waals surface area (Å²) >= 11 is 0. The van der Waals surface area contributed by atoms with Gasteiger partial charge in [-0.3, -0.25) is 19.3 Å². The number of piperidine rings is 1. The molecule has 2 fully saturated rings. The first-order valence-corrected chi connectivity index (χ1v) is 7.12. The van der Waals surface area contributed by atoms with Crippen LogP contribution in [0.2, 0.25) is 0 Å². The van der Waals surface area contributed by atoms with Crippen LogP contribution in [0, 0.1) is 5.41 Å². The zero-order chi connectivity index (χ0) is 13.9. The van der Waals surface area contributed by atoms with Crippen LogP contribution in [-0.2, 0) is 14.4 Å². The number of amides is 2. The Labute approximate surface area is 113 Å². The van der Waals surface area contributed by atoms with Gasteiger partial charge in [-0.15, -0.1) is 0 Å². The van der Waals surface area contributed by atoms with Gasteiger partial charge in [0.15, 0.2) is 0 Å². The quantitative estimate of drug-likeness (QED) is 0.626. The lowest BCUT2D eigenvalue weighted by Crippen LogP contribution is -2.49. The molecule has 1 saturated carbocycles. The summed E-state index contributed by atoms with van der Waals surface area (Å²) in [6.45, 7) is 0.0694. The predicted molar refractivity (Wildman–Crippen MR) is 68.3 cm³/mol. The number of likely N-dealkylation sites (tertiary alicyclic amines) is 1. The SMILES string of the molecule is O=C1CCCC(=O)N1CC1(C(=O)O)CCCCCC1. The average Bonchev–Trinajstić information content (AvgIpc) is 2.60. The second kappa shape index (κ2) is 5.72. The van der Waals surface area contributed by atoms with E-state index in [1.165, 1.54) is 4.90 Å². The molecule has 0 spiro atoms. The van der Waals surface area contributed by atoms with E-state index in [4.69, 9.17) is 0 Å². The first kappa shape index (κ1) is 14.0. The molecule has 19 heavy (non-hydrogen) atoms. The maximum atomic E-state index is 11.8. The smallest absolute Gasteiger partial charge is 0.311 e. The Bertz CT molecular complexity index is 367. The van der Waals surface area contributed by atoms with Crippen molar-refractivity contribution in [3.05, 3.63) is 0 Å². The molecule has 106 valence electrons. The van der Waals surface area contributed by atoms with E-state index in [1.807, 2.05) is 0 Å². The van der Waals surface area contributed by atoms with E-state index < -0.39 is 11.4 Å². The summed E-state index contributed by atoms with van der Waals surface area (Å²) in [6, 6.07) is 0. The van der Waals surface area contributed by atoms with Crippen LogP contribution in [0.1, 0.15) is 57.8 Å². The lowest BCUT2D eigenvalue weighted by molar-refractivity contribution is -0.157. The molecule has 0 aromatic carbocycles. The van der Waals surface area contributed by atoms with Crippen LogP contribution in [0.15, 0.2) is 0 Å². The minimum atomic E-state index is -0.918. The van der Waals surface area contributed by atoms with Crippen molar-refractivity contribution in [2.24, 2.45) is 5.41 Å². The van der Waals surface area contributed by atoms with E-state index in [2.05, 4.69) is 0 Å². The number of hydrogen-bond donors (Lipinski definition) is 1. The Kier molecular flexibility index (Phi) is 4.22. The first-order valence-electron chi connectivity index (χ1n) is 7.12. The fourth-order valence-corrected chi connectivity index (χ4v) is 3.12. The van der Waals surface area contributed by atoms with Crippen LogP contribution in [0.25, 0.3) is 0 Å². The van der Waals surface area contributed by atoms with Crippen LogP contribution in [0.4, 0.5) is 0 Å². The first-order chi connectivity index (χ1) is 9.05. The van der Waals surface area contributed by atoms with Gasteiger partial charge in [0.25, 0.3) is 0 Å². The molecule has 2 aliphatic rings. The number of imide groups is 1. The highest BCUT2D eigenvalue weighted by molar-refractivity contribution is 5.98. The van der Waals surface area contributed by atoms with Crippen LogP contribution in [-0.4, -0.2) is 34.3 Å². The average molecular weight is 267 g/mol. The Balaban J connectivity index is 2.17. The minimum Gasteiger partial charge on any atom is -0.481 e. The molecule has 0 unspecified atom stereocenters. The van der Waals surface area contributed by atoms with Crippen molar-refractivity contribution < 1.29 is 19.5 Å². The highest BCUT2D eigenvalue weighted by atomic mass is 16.4. The summed E-state index contributed by atoms with van der Waals surface area (Å²) in [5, 5.41) is 9.57. The van der Waals surface area contributed by atoms with Crippen LogP contribution in [0.3, 0.4) is 0 Å². The zero-order valence-electron chi connectivity index (χ0n) is 11.2. The fraction of sp³-hybridized carbons (Fsp3) is 0.786. The molecule has 0 atom stereocenters. The Morgan fingerprint density at radius 3 is 2.00 bits per heavy atom. The number of aliphatic carboxylic acids is 1. The number of rotatable bonds is 3. The lowest BCUT2D eigenvalue weighted by Gasteiger charge is -2.35. The van der Waals surface area contributed by atoms with Gasteiger partial charge in [-0.1, -0.05) is 25.7 Å². The summed E-state index contributed by atoms with van der Waals surface area (Å²) in [5.74, 6) is -1.28. The van der Waals surface area contributed by atoms with Crippen molar-refractivity contribution in [1.29, 1.82) is 0 Å². The number of nitrogens with zero attached hydrogens (tertiary/aromatic N) is 1. The zero-order valence-corrected chi connectivity index (χ0v) is 11.2. The van der Waals surface area contributed by atoms with Gasteiger partial charge in [-0.05, 0) is 19.3 Å². The standard InChI is InChI=1S/C14H21NO4/c16-11-6-5-7-12(17)15(11)10-14(13(18)19)8-3-1-2-4-9-14/h1-10H2,(H,18,19). The van der Waals surface area contributed by atoms with Gasteiger partial charge in [0.1, 0.15) is 0 Å². The third-order valence-corrected chi connectivity index (χ3v) is 4.36. The van der Waals surface area contributed by atoms with Crippen molar-refractivity contribution >= 4 is 17.8 Å². The monoisotopic (exact) mass is 267 g/mol. The fourth-order valence-electron chi connectivity index (χ4n) is 3.12. The van der Waals surface area contributed by atoms with Gasteiger partial charge >= 0.3 is 5.97 Å². The van der Waals surface area contributed by atoms with Crippen molar-refractivity contribution in [3.8, 4) is 0 Å². The number of carboxylic acid groups (broad SMARTS) is 1. The normalized spacial score (nSPS) is 24.1. The molecule has 1 heterocycles. The van der Waals surface area contributed by atoms with E-state index >= 15 is 0 Å². The van der Waals surface area contributed by atoms with Crippen molar-refractivity contribution in [3.63, 3.8) is 0 Å². The maximum absolute atomic E-state index is 11.8. The van der Waals surface area contributed by atoms with Gasteiger partial charge in [0.2, 0.25) is 11.8 Å². The second-order valence-electron chi connectivity index (χ2n) is 5.73. The third-order valence-electron chi connectivity index (χ3n) is 4.36. The van der Waals surface area contributed by atoms with Gasteiger partial charge in [-0.2, -0.15) is 0 Å². The van der Waals surface area contributed by atoms with Crippen molar-refractivity contribution in [2.45, 2.75) is 57.8 Å². The molecule has 1 N–H and O–H groups in total. The third kappa shape index (κ3) is 2.96. The van der Waals surface area contributed by atoms with Crippen LogP contribution >= 0.6 is 0 Å². The summed E-state index contributed by atoms with van der Waals surface area (Å²) in [5.41, 5.74) is -0.918. The number of carbonyl (C=O) groups is 3. The number of carboxylic acids is 1. The maximum Gasteiger partial charge on any atom is 0.311 e. The van der Waals surface area contributed by atoms with Gasteiger partial charge in [0, 0.05) is 19.4 Å². The highest BCUT2D eigenvalue weighted by Crippen LogP contribution is 2.37. The summed E-state index contributed by atoms with van der Waals surface area (Å²) in [4.78, 5) is 36.5. The van der Waals surface area contributed by atoms with E-state index in [1.54, 1.807) is 0 Å².